The summed E-state index contributed by atoms with van der Waals surface area (Å²) in [6.07, 6.45) is 5.90. The fourth-order valence-corrected chi connectivity index (χ4v) is 1.77. The zero-order valence-electron chi connectivity index (χ0n) is 8.45. The van der Waals surface area contributed by atoms with E-state index in [1.165, 1.54) is 12.8 Å². The van der Waals surface area contributed by atoms with Gasteiger partial charge < -0.3 is 4.74 Å². The number of pyridine rings is 1. The second kappa shape index (κ2) is 6.82. The standard InChI is InChI=1S/C11H16BrNO/c1-2-4-10(7-12)9-14-11-5-3-6-13-8-11/h3,5-6,8,10H,2,4,7,9H2,1H3. The van der Waals surface area contributed by atoms with E-state index < -0.39 is 0 Å². The Balaban J connectivity index is 2.32. The maximum atomic E-state index is 5.62. The molecule has 3 heteroatoms. The predicted molar refractivity (Wildman–Crippen MR) is 61.9 cm³/mol. The molecule has 0 saturated carbocycles. The van der Waals surface area contributed by atoms with Crippen molar-refractivity contribution in [3.8, 4) is 5.75 Å². The Morgan fingerprint density at radius 3 is 3.00 bits per heavy atom. The van der Waals surface area contributed by atoms with Crippen molar-refractivity contribution < 1.29 is 4.74 Å². The van der Waals surface area contributed by atoms with Gasteiger partial charge in [-0.15, -0.1) is 0 Å². The Kier molecular flexibility index (Phi) is 5.60. The van der Waals surface area contributed by atoms with E-state index in [-0.39, 0.29) is 0 Å². The van der Waals surface area contributed by atoms with Crippen LogP contribution in [0.1, 0.15) is 19.8 Å². The van der Waals surface area contributed by atoms with Crippen LogP contribution in [0.2, 0.25) is 0 Å². The maximum absolute atomic E-state index is 5.62. The van der Waals surface area contributed by atoms with Gasteiger partial charge >= 0.3 is 0 Å². The number of hydrogen-bond donors (Lipinski definition) is 0. The summed E-state index contributed by atoms with van der Waals surface area (Å²) in [4.78, 5) is 4.00. The summed E-state index contributed by atoms with van der Waals surface area (Å²) in [5, 5.41) is 1.00. The number of nitrogens with zero attached hydrogens (tertiary/aromatic N) is 1. The first-order chi connectivity index (χ1) is 6.86. The zero-order valence-corrected chi connectivity index (χ0v) is 10.0. The molecule has 0 N–H and O–H groups in total. The van der Waals surface area contributed by atoms with E-state index in [4.69, 9.17) is 4.74 Å². The van der Waals surface area contributed by atoms with Gasteiger partial charge in [-0.25, -0.2) is 0 Å². The highest BCUT2D eigenvalue weighted by molar-refractivity contribution is 9.09. The molecular weight excluding hydrogens is 242 g/mol. The number of halogens is 1. The quantitative estimate of drug-likeness (QED) is 0.730. The van der Waals surface area contributed by atoms with Crippen molar-refractivity contribution in [1.82, 2.24) is 4.98 Å². The van der Waals surface area contributed by atoms with E-state index in [1.807, 2.05) is 12.1 Å². The third-order valence-electron chi connectivity index (χ3n) is 2.04. The Morgan fingerprint density at radius 2 is 2.43 bits per heavy atom. The molecule has 0 aliphatic heterocycles. The Hall–Kier alpha value is -0.570. The molecular formula is C11H16BrNO. The lowest BCUT2D eigenvalue weighted by Crippen LogP contribution is -2.13. The van der Waals surface area contributed by atoms with Gasteiger partial charge in [-0.3, -0.25) is 4.98 Å². The number of hydrogen-bond acceptors (Lipinski definition) is 2. The first kappa shape index (κ1) is 11.5. The van der Waals surface area contributed by atoms with Crippen LogP contribution in [-0.2, 0) is 0 Å². The van der Waals surface area contributed by atoms with Gasteiger partial charge in [0.15, 0.2) is 0 Å². The molecule has 0 aliphatic carbocycles. The number of ether oxygens (including phenoxy) is 1. The summed E-state index contributed by atoms with van der Waals surface area (Å²) >= 11 is 3.49. The van der Waals surface area contributed by atoms with E-state index in [2.05, 4.69) is 27.8 Å². The van der Waals surface area contributed by atoms with Gasteiger partial charge in [0.05, 0.1) is 12.8 Å². The SMILES string of the molecule is CCCC(CBr)COc1cccnc1. The molecule has 14 heavy (non-hydrogen) atoms. The lowest BCUT2D eigenvalue weighted by molar-refractivity contribution is 0.254. The first-order valence-electron chi connectivity index (χ1n) is 4.95. The molecule has 1 unspecified atom stereocenters. The van der Waals surface area contributed by atoms with Gasteiger partial charge in [-0.1, -0.05) is 29.3 Å². The summed E-state index contributed by atoms with van der Waals surface area (Å²) in [6.45, 7) is 2.96. The van der Waals surface area contributed by atoms with Crippen molar-refractivity contribution in [1.29, 1.82) is 0 Å². The van der Waals surface area contributed by atoms with Crippen LogP contribution < -0.4 is 4.74 Å². The Labute approximate surface area is 93.8 Å². The number of aromatic nitrogens is 1. The van der Waals surface area contributed by atoms with Crippen molar-refractivity contribution in [2.75, 3.05) is 11.9 Å². The minimum absolute atomic E-state index is 0.597. The lowest BCUT2D eigenvalue weighted by atomic mass is 10.1. The molecule has 1 heterocycles. The normalized spacial score (nSPS) is 12.4. The molecule has 1 aromatic rings. The van der Waals surface area contributed by atoms with Crippen LogP contribution in [-0.4, -0.2) is 16.9 Å². The van der Waals surface area contributed by atoms with E-state index in [0.717, 1.165) is 17.7 Å². The summed E-state index contributed by atoms with van der Waals surface area (Å²) in [5.41, 5.74) is 0. The molecule has 0 aromatic carbocycles. The molecule has 0 aliphatic rings. The molecule has 0 spiro atoms. The predicted octanol–water partition coefficient (Wildman–Crippen LogP) is 3.27. The van der Waals surface area contributed by atoms with Crippen LogP contribution in [0.15, 0.2) is 24.5 Å². The van der Waals surface area contributed by atoms with Gasteiger partial charge in [0.25, 0.3) is 0 Å². The molecule has 0 radical (unpaired) electrons. The average molecular weight is 258 g/mol. The van der Waals surface area contributed by atoms with Crippen molar-refractivity contribution in [2.45, 2.75) is 19.8 Å². The molecule has 2 nitrogen and oxygen atoms in total. The minimum atomic E-state index is 0.597. The van der Waals surface area contributed by atoms with Gasteiger partial charge in [0.1, 0.15) is 5.75 Å². The summed E-state index contributed by atoms with van der Waals surface area (Å²) < 4.78 is 5.62. The highest BCUT2D eigenvalue weighted by atomic mass is 79.9. The smallest absolute Gasteiger partial charge is 0.137 e. The molecule has 1 aromatic heterocycles. The lowest BCUT2D eigenvalue weighted by Gasteiger charge is -2.13. The molecule has 0 fully saturated rings. The van der Waals surface area contributed by atoms with Crippen LogP contribution in [0.4, 0.5) is 0 Å². The summed E-state index contributed by atoms with van der Waals surface area (Å²) in [6, 6.07) is 3.82. The van der Waals surface area contributed by atoms with Crippen molar-refractivity contribution in [3.05, 3.63) is 24.5 Å². The average Bonchev–Trinajstić information content (AvgIpc) is 2.25. The fourth-order valence-electron chi connectivity index (χ4n) is 1.26. The third kappa shape index (κ3) is 4.09. The second-order valence-electron chi connectivity index (χ2n) is 3.31. The minimum Gasteiger partial charge on any atom is -0.492 e. The molecule has 0 bridgehead atoms. The van der Waals surface area contributed by atoms with E-state index in [0.29, 0.717) is 5.92 Å². The maximum Gasteiger partial charge on any atom is 0.137 e. The van der Waals surface area contributed by atoms with Crippen LogP contribution >= 0.6 is 15.9 Å². The summed E-state index contributed by atoms with van der Waals surface area (Å²) in [5.74, 6) is 1.45. The zero-order chi connectivity index (χ0) is 10.2. The van der Waals surface area contributed by atoms with Crippen LogP contribution in [0.3, 0.4) is 0 Å². The second-order valence-corrected chi connectivity index (χ2v) is 3.96. The Bertz CT molecular complexity index is 240. The van der Waals surface area contributed by atoms with Crippen LogP contribution in [0.25, 0.3) is 0 Å². The highest BCUT2D eigenvalue weighted by Crippen LogP contribution is 2.13. The molecule has 78 valence electrons. The molecule has 1 atom stereocenters. The van der Waals surface area contributed by atoms with E-state index >= 15 is 0 Å². The van der Waals surface area contributed by atoms with Crippen molar-refractivity contribution >= 4 is 15.9 Å². The van der Waals surface area contributed by atoms with Gasteiger partial charge in [-0.05, 0) is 18.6 Å². The topological polar surface area (TPSA) is 22.1 Å². The van der Waals surface area contributed by atoms with E-state index in [9.17, 15) is 0 Å². The molecule has 0 amide bonds. The van der Waals surface area contributed by atoms with Crippen molar-refractivity contribution in [2.24, 2.45) is 5.92 Å². The molecule has 0 saturated heterocycles. The van der Waals surface area contributed by atoms with Crippen molar-refractivity contribution in [3.63, 3.8) is 0 Å². The number of alkyl halides is 1. The molecule has 1 rings (SSSR count). The van der Waals surface area contributed by atoms with Crippen LogP contribution in [0, 0.1) is 5.92 Å². The van der Waals surface area contributed by atoms with Gasteiger partial charge in [-0.2, -0.15) is 0 Å². The first-order valence-corrected chi connectivity index (χ1v) is 6.07. The van der Waals surface area contributed by atoms with Crippen LogP contribution in [0.5, 0.6) is 5.75 Å². The Morgan fingerprint density at radius 1 is 1.57 bits per heavy atom. The summed E-state index contributed by atoms with van der Waals surface area (Å²) in [7, 11) is 0. The largest absolute Gasteiger partial charge is 0.492 e. The van der Waals surface area contributed by atoms with Gasteiger partial charge in [0.2, 0.25) is 0 Å². The monoisotopic (exact) mass is 257 g/mol. The fraction of sp³-hybridized carbons (Fsp3) is 0.545. The van der Waals surface area contributed by atoms with Gasteiger partial charge in [0, 0.05) is 17.4 Å². The van der Waals surface area contributed by atoms with E-state index in [1.54, 1.807) is 12.4 Å². The number of rotatable bonds is 6. The third-order valence-corrected chi connectivity index (χ3v) is 2.95. The highest BCUT2D eigenvalue weighted by Gasteiger charge is 2.06.